The number of likely N-dealkylation sites (N-methyl/N-ethyl adjacent to an activating group) is 1. The Kier molecular flexibility index (Phi) is 9.76. The zero-order valence-electron chi connectivity index (χ0n) is 25.9. The van der Waals surface area contributed by atoms with Crippen LogP contribution in [0.4, 0.5) is 34.4 Å². The fourth-order valence-corrected chi connectivity index (χ4v) is 5.96. The largest absolute Gasteiger partial charge is 0.371 e. The Morgan fingerprint density at radius 1 is 0.955 bits per heavy atom. The minimum atomic E-state index is -0.660. The van der Waals surface area contributed by atoms with E-state index in [2.05, 4.69) is 68.3 Å². The molecule has 2 fully saturated rings. The monoisotopic (exact) mass is 597 g/mol. The second-order valence-corrected chi connectivity index (χ2v) is 11.5. The lowest BCUT2D eigenvalue weighted by atomic mass is 10.0. The number of primary amides is 1. The lowest BCUT2D eigenvalue weighted by Gasteiger charge is -2.43. The number of benzene rings is 2. The van der Waals surface area contributed by atoms with E-state index in [0.717, 1.165) is 50.5 Å². The van der Waals surface area contributed by atoms with Crippen LogP contribution in [0.3, 0.4) is 0 Å². The van der Waals surface area contributed by atoms with Crippen molar-refractivity contribution in [2.24, 2.45) is 5.73 Å². The van der Waals surface area contributed by atoms with Crippen molar-refractivity contribution in [2.45, 2.75) is 39.2 Å². The number of nitrogens with one attached hydrogen (secondary N) is 3. The average molecular weight is 598 g/mol. The van der Waals surface area contributed by atoms with Crippen molar-refractivity contribution in [3.8, 4) is 0 Å². The summed E-state index contributed by atoms with van der Waals surface area (Å²) in [5, 5.41) is 9.33. The summed E-state index contributed by atoms with van der Waals surface area (Å²) in [7, 11) is 2.20. The van der Waals surface area contributed by atoms with Crippen LogP contribution in [0, 0.1) is 6.92 Å². The first-order valence-electron chi connectivity index (χ1n) is 15.3. The number of anilines is 6. The number of hydrogen-bond acceptors (Lipinski definition) is 9. The molecule has 0 radical (unpaired) electrons. The number of hydrogen-bond donors (Lipinski definition) is 4. The summed E-state index contributed by atoms with van der Waals surface area (Å²) in [6.07, 6.45) is 4.09. The van der Waals surface area contributed by atoms with E-state index in [0.29, 0.717) is 35.3 Å². The standard InChI is InChI=1S/C33H43N9O2/c1-5-27-32(36-24-9-7-8-23(21-24)35-29(43)6-2)39-33(30(38-27)31(34)44)37-25-10-11-28(22(3)20-25)42-14-12-26(13-15-42)41-18-16-40(4)17-19-41/h6-11,20-21,26H,2,5,12-19H2,1,3-4H3,(H2,34,44)(H,35,43)(H2,36,37,39). The molecule has 2 aromatic carbocycles. The van der Waals surface area contributed by atoms with Crippen molar-refractivity contribution in [1.82, 2.24) is 19.8 Å². The van der Waals surface area contributed by atoms with E-state index in [1.54, 1.807) is 12.1 Å². The zero-order chi connectivity index (χ0) is 31.2. The number of nitrogens with zero attached hydrogens (tertiary/aromatic N) is 5. The second-order valence-electron chi connectivity index (χ2n) is 11.5. The number of piperidine rings is 1. The predicted octanol–water partition coefficient (Wildman–Crippen LogP) is 4.27. The van der Waals surface area contributed by atoms with E-state index in [4.69, 9.17) is 10.7 Å². The third kappa shape index (κ3) is 7.35. The molecule has 3 heterocycles. The normalized spacial score (nSPS) is 16.4. The Hall–Kier alpha value is -4.48. The first-order valence-corrected chi connectivity index (χ1v) is 15.3. The van der Waals surface area contributed by atoms with E-state index < -0.39 is 5.91 Å². The Labute approximate surface area is 259 Å². The highest BCUT2D eigenvalue weighted by Gasteiger charge is 2.27. The molecule has 11 nitrogen and oxygen atoms in total. The van der Waals surface area contributed by atoms with Gasteiger partial charge in [0.15, 0.2) is 17.3 Å². The minimum absolute atomic E-state index is 0.0760. The van der Waals surface area contributed by atoms with E-state index in [1.807, 2.05) is 25.1 Å². The van der Waals surface area contributed by atoms with Crippen LogP contribution < -0.4 is 26.6 Å². The molecule has 3 aromatic rings. The highest BCUT2D eigenvalue weighted by atomic mass is 16.1. The van der Waals surface area contributed by atoms with Gasteiger partial charge < -0.3 is 31.5 Å². The van der Waals surface area contributed by atoms with Gasteiger partial charge >= 0.3 is 0 Å². The Bertz CT molecular complexity index is 1510. The number of piperazine rings is 1. The van der Waals surface area contributed by atoms with Crippen LogP contribution in [-0.2, 0) is 11.2 Å². The number of amides is 2. The molecule has 0 bridgehead atoms. The van der Waals surface area contributed by atoms with Crippen LogP contribution in [0.1, 0.15) is 41.5 Å². The maximum absolute atomic E-state index is 12.4. The van der Waals surface area contributed by atoms with Crippen molar-refractivity contribution >= 4 is 46.2 Å². The summed E-state index contributed by atoms with van der Waals surface area (Å²) < 4.78 is 0. The van der Waals surface area contributed by atoms with Gasteiger partial charge in [-0.25, -0.2) is 9.97 Å². The van der Waals surface area contributed by atoms with E-state index in [9.17, 15) is 9.59 Å². The van der Waals surface area contributed by atoms with Crippen LogP contribution in [0.5, 0.6) is 0 Å². The summed E-state index contributed by atoms with van der Waals surface area (Å²) in [6.45, 7) is 14.2. The van der Waals surface area contributed by atoms with Crippen LogP contribution in [-0.4, -0.2) is 83.9 Å². The molecule has 232 valence electrons. The second kappa shape index (κ2) is 13.9. The molecule has 0 saturated carbocycles. The molecule has 0 spiro atoms. The van der Waals surface area contributed by atoms with E-state index in [-0.39, 0.29) is 17.4 Å². The molecule has 2 saturated heterocycles. The average Bonchev–Trinajstić information content (AvgIpc) is 3.02. The molecule has 2 aliphatic rings. The van der Waals surface area contributed by atoms with Gasteiger partial charge in [-0.1, -0.05) is 19.6 Å². The molecule has 5 N–H and O–H groups in total. The third-order valence-electron chi connectivity index (χ3n) is 8.43. The lowest BCUT2D eigenvalue weighted by Crippen LogP contribution is -2.52. The Morgan fingerprint density at radius 3 is 2.30 bits per heavy atom. The van der Waals surface area contributed by atoms with Gasteiger partial charge in [-0.05, 0) is 81.3 Å². The molecule has 1 aromatic heterocycles. The predicted molar refractivity (Wildman–Crippen MR) is 177 cm³/mol. The summed E-state index contributed by atoms with van der Waals surface area (Å²) >= 11 is 0. The number of nitrogens with two attached hydrogens (primary N) is 1. The fraction of sp³-hybridized carbons (Fsp3) is 0.394. The Morgan fingerprint density at radius 2 is 1.64 bits per heavy atom. The first-order chi connectivity index (χ1) is 21.2. The van der Waals surface area contributed by atoms with Gasteiger partial charge in [0.2, 0.25) is 5.91 Å². The van der Waals surface area contributed by atoms with Gasteiger partial charge in [-0.3, -0.25) is 14.5 Å². The van der Waals surface area contributed by atoms with E-state index >= 15 is 0 Å². The van der Waals surface area contributed by atoms with Gasteiger partial charge in [-0.15, -0.1) is 0 Å². The summed E-state index contributed by atoms with van der Waals surface area (Å²) in [6, 6.07) is 14.1. The maximum atomic E-state index is 12.4. The number of carbonyl (C=O) groups is 2. The zero-order valence-corrected chi connectivity index (χ0v) is 25.9. The number of carbonyl (C=O) groups excluding carboxylic acids is 2. The number of rotatable bonds is 10. The molecule has 11 heteroatoms. The smallest absolute Gasteiger partial charge is 0.271 e. The van der Waals surface area contributed by atoms with Gasteiger partial charge in [0.05, 0.1) is 5.69 Å². The SMILES string of the molecule is C=CC(=O)Nc1cccc(Nc2nc(Nc3ccc(N4CCC(N5CCN(C)CC5)CC4)c(C)c3)c(C(N)=O)nc2CC)c1. The molecule has 0 unspecified atom stereocenters. The van der Waals surface area contributed by atoms with E-state index in [1.165, 1.54) is 24.6 Å². The van der Waals surface area contributed by atoms with Crippen molar-refractivity contribution < 1.29 is 9.59 Å². The third-order valence-corrected chi connectivity index (χ3v) is 8.43. The minimum Gasteiger partial charge on any atom is -0.371 e. The fourth-order valence-electron chi connectivity index (χ4n) is 5.96. The molecule has 2 aliphatic heterocycles. The Balaban J connectivity index is 1.31. The van der Waals surface area contributed by atoms with Crippen LogP contribution in [0.15, 0.2) is 55.1 Å². The topological polar surface area (TPSA) is 132 Å². The summed E-state index contributed by atoms with van der Waals surface area (Å²) in [4.78, 5) is 41.0. The quantitative estimate of drug-likeness (QED) is 0.253. The molecule has 5 rings (SSSR count). The lowest BCUT2D eigenvalue weighted by molar-refractivity contribution is -0.111. The van der Waals surface area contributed by atoms with Crippen LogP contribution >= 0.6 is 0 Å². The molecule has 0 atom stereocenters. The maximum Gasteiger partial charge on any atom is 0.271 e. The molecule has 44 heavy (non-hydrogen) atoms. The van der Waals surface area contributed by atoms with Crippen molar-refractivity contribution in [2.75, 3.05) is 67.2 Å². The van der Waals surface area contributed by atoms with Gasteiger partial charge in [-0.2, -0.15) is 0 Å². The molecular weight excluding hydrogens is 554 g/mol. The summed E-state index contributed by atoms with van der Waals surface area (Å²) in [5.74, 6) is -0.200. The van der Waals surface area contributed by atoms with Gasteiger partial charge in [0.25, 0.3) is 5.91 Å². The summed E-state index contributed by atoms with van der Waals surface area (Å²) in [5.41, 5.74) is 10.9. The van der Waals surface area contributed by atoms with Crippen molar-refractivity contribution in [3.63, 3.8) is 0 Å². The van der Waals surface area contributed by atoms with Crippen LogP contribution in [0.25, 0.3) is 0 Å². The van der Waals surface area contributed by atoms with Crippen molar-refractivity contribution in [1.29, 1.82) is 0 Å². The molecule has 2 amide bonds. The van der Waals surface area contributed by atoms with Gasteiger partial charge in [0, 0.05) is 68.1 Å². The highest BCUT2D eigenvalue weighted by Crippen LogP contribution is 2.31. The number of aryl methyl sites for hydroxylation is 2. The molecule has 0 aliphatic carbocycles. The number of aromatic nitrogens is 2. The van der Waals surface area contributed by atoms with Crippen LogP contribution in [0.2, 0.25) is 0 Å². The highest BCUT2D eigenvalue weighted by molar-refractivity contribution is 5.99. The van der Waals surface area contributed by atoms with Gasteiger partial charge in [0.1, 0.15) is 0 Å². The van der Waals surface area contributed by atoms with Crippen molar-refractivity contribution in [3.05, 3.63) is 72.1 Å². The first kappa shape index (κ1) is 31.0. The molecular formula is C33H43N9O2.